The lowest BCUT2D eigenvalue weighted by Gasteiger charge is -2.39. The number of carbonyl (C=O) groups excluding carboxylic acids is 1. The van der Waals surface area contributed by atoms with E-state index < -0.39 is 0 Å². The van der Waals surface area contributed by atoms with Gasteiger partial charge in [0.2, 0.25) is 0 Å². The zero-order valence-electron chi connectivity index (χ0n) is 12.1. The van der Waals surface area contributed by atoms with Gasteiger partial charge >= 0.3 is 5.97 Å². The number of hydrogen-bond donors (Lipinski definition) is 1. The summed E-state index contributed by atoms with van der Waals surface area (Å²) in [5.74, 6) is 0.0317. The monoisotopic (exact) mass is 271 g/mol. The van der Waals surface area contributed by atoms with Crippen LogP contribution in [0.1, 0.15) is 33.1 Å². The van der Waals surface area contributed by atoms with Gasteiger partial charge < -0.3 is 19.5 Å². The van der Waals surface area contributed by atoms with E-state index in [1.54, 1.807) is 0 Å². The van der Waals surface area contributed by atoms with Gasteiger partial charge in [0, 0.05) is 25.7 Å². The normalized spacial score (nSPS) is 32.7. The number of esters is 1. The minimum atomic E-state index is -0.243. The summed E-state index contributed by atoms with van der Waals surface area (Å²) in [5, 5.41) is 3.45. The zero-order chi connectivity index (χ0) is 13.9. The molecule has 0 amide bonds. The molecule has 5 nitrogen and oxygen atoms in total. The first-order valence-electron chi connectivity index (χ1n) is 7.12. The number of ether oxygens (including phenoxy) is 3. The minimum absolute atomic E-state index is 0.131. The molecule has 5 heteroatoms. The molecule has 0 aromatic rings. The summed E-state index contributed by atoms with van der Waals surface area (Å²) in [6, 6.07) is 0.0504. The highest BCUT2D eigenvalue weighted by Gasteiger charge is 2.42. The summed E-state index contributed by atoms with van der Waals surface area (Å²) in [5.41, 5.74) is -0.131. The Kier molecular flexibility index (Phi) is 4.81. The van der Waals surface area contributed by atoms with E-state index in [0.717, 1.165) is 32.5 Å². The van der Waals surface area contributed by atoms with Crippen LogP contribution >= 0.6 is 0 Å². The van der Waals surface area contributed by atoms with Gasteiger partial charge in [-0.05, 0) is 18.8 Å². The van der Waals surface area contributed by atoms with Crippen molar-refractivity contribution in [3.63, 3.8) is 0 Å². The van der Waals surface area contributed by atoms with E-state index in [-0.39, 0.29) is 23.5 Å². The average Bonchev–Trinajstić information content (AvgIpc) is 2.83. The Morgan fingerprint density at radius 3 is 2.79 bits per heavy atom. The Morgan fingerprint density at radius 2 is 2.21 bits per heavy atom. The summed E-state index contributed by atoms with van der Waals surface area (Å²) >= 11 is 0. The van der Waals surface area contributed by atoms with Gasteiger partial charge in [-0.2, -0.15) is 0 Å². The lowest BCUT2D eigenvalue weighted by Crippen LogP contribution is -2.53. The van der Waals surface area contributed by atoms with Crippen LogP contribution in [0.25, 0.3) is 0 Å². The van der Waals surface area contributed by atoms with Crippen LogP contribution in [0.4, 0.5) is 0 Å². The molecule has 2 rings (SSSR count). The van der Waals surface area contributed by atoms with Gasteiger partial charge in [-0.1, -0.05) is 13.8 Å². The quantitative estimate of drug-likeness (QED) is 0.776. The maximum Gasteiger partial charge on any atom is 0.323 e. The summed E-state index contributed by atoms with van der Waals surface area (Å²) in [4.78, 5) is 11.8. The molecule has 3 atom stereocenters. The third kappa shape index (κ3) is 3.46. The number of carbonyl (C=O) groups is 1. The molecule has 110 valence electrons. The molecule has 2 aliphatic rings. The summed E-state index contributed by atoms with van der Waals surface area (Å²) < 4.78 is 16.2. The molecule has 0 aromatic heterocycles. The molecule has 2 fully saturated rings. The fraction of sp³-hybridized carbons (Fsp3) is 0.929. The van der Waals surface area contributed by atoms with E-state index in [2.05, 4.69) is 5.32 Å². The van der Waals surface area contributed by atoms with Gasteiger partial charge in [-0.15, -0.1) is 0 Å². The SMILES string of the molecule is COC(=O)C(NC1CCOC2(CCOC2)C1)C(C)C. The standard InChI is InChI=1S/C14H25NO4/c1-10(2)12(13(16)17-3)15-11-4-6-19-14(8-11)5-7-18-9-14/h10-12,15H,4-9H2,1-3H3. The number of hydrogen-bond acceptors (Lipinski definition) is 5. The van der Waals surface area contributed by atoms with E-state index in [9.17, 15) is 4.79 Å². The number of rotatable bonds is 4. The van der Waals surface area contributed by atoms with Gasteiger partial charge in [-0.25, -0.2) is 0 Å². The van der Waals surface area contributed by atoms with Crippen LogP contribution in [0.15, 0.2) is 0 Å². The molecule has 0 saturated carbocycles. The lowest BCUT2D eigenvalue weighted by molar-refractivity contribution is -0.145. The van der Waals surface area contributed by atoms with Gasteiger partial charge in [0.25, 0.3) is 0 Å². The van der Waals surface area contributed by atoms with Crippen molar-refractivity contribution in [2.24, 2.45) is 5.92 Å². The number of methoxy groups -OCH3 is 1. The van der Waals surface area contributed by atoms with Crippen molar-refractivity contribution in [3.8, 4) is 0 Å². The predicted octanol–water partition coefficient (Wildman–Crippen LogP) is 1.11. The first kappa shape index (κ1) is 14.8. The fourth-order valence-electron chi connectivity index (χ4n) is 2.95. The fourth-order valence-corrected chi connectivity index (χ4v) is 2.95. The Morgan fingerprint density at radius 1 is 1.42 bits per heavy atom. The molecule has 1 N–H and O–H groups in total. The lowest BCUT2D eigenvalue weighted by atomic mass is 9.88. The topological polar surface area (TPSA) is 56.8 Å². The number of nitrogens with one attached hydrogen (secondary N) is 1. The maximum absolute atomic E-state index is 11.8. The summed E-state index contributed by atoms with van der Waals surface area (Å²) in [6.07, 6.45) is 2.80. The summed E-state index contributed by atoms with van der Waals surface area (Å²) in [6.45, 7) is 6.24. The summed E-state index contributed by atoms with van der Waals surface area (Å²) in [7, 11) is 1.44. The van der Waals surface area contributed by atoms with Crippen LogP contribution in [0.2, 0.25) is 0 Å². The van der Waals surface area contributed by atoms with Crippen molar-refractivity contribution in [2.75, 3.05) is 26.9 Å². The van der Waals surface area contributed by atoms with Crippen molar-refractivity contribution >= 4 is 5.97 Å². The molecule has 0 aromatic carbocycles. The highest BCUT2D eigenvalue weighted by Crippen LogP contribution is 2.33. The van der Waals surface area contributed by atoms with E-state index in [1.165, 1.54) is 7.11 Å². The van der Waals surface area contributed by atoms with Crippen molar-refractivity contribution in [1.29, 1.82) is 0 Å². The van der Waals surface area contributed by atoms with Gasteiger partial charge in [0.1, 0.15) is 6.04 Å². The molecule has 1 spiro atoms. The Balaban J connectivity index is 1.95. The van der Waals surface area contributed by atoms with Crippen LogP contribution in [0.3, 0.4) is 0 Å². The average molecular weight is 271 g/mol. The van der Waals surface area contributed by atoms with Crippen molar-refractivity contribution < 1.29 is 19.0 Å². The third-order valence-corrected chi connectivity index (χ3v) is 4.10. The van der Waals surface area contributed by atoms with E-state index >= 15 is 0 Å². The molecule has 2 heterocycles. The van der Waals surface area contributed by atoms with Crippen LogP contribution in [0, 0.1) is 5.92 Å². The van der Waals surface area contributed by atoms with Crippen LogP contribution in [0.5, 0.6) is 0 Å². The van der Waals surface area contributed by atoms with E-state index in [4.69, 9.17) is 14.2 Å². The molecule has 0 radical (unpaired) electrons. The van der Waals surface area contributed by atoms with Gasteiger partial charge in [-0.3, -0.25) is 4.79 Å². The van der Waals surface area contributed by atoms with E-state index in [1.807, 2.05) is 13.8 Å². The molecule has 3 unspecified atom stereocenters. The first-order valence-corrected chi connectivity index (χ1v) is 7.12. The second kappa shape index (κ2) is 6.20. The molecule has 0 aliphatic carbocycles. The Labute approximate surface area is 115 Å². The molecule has 2 aliphatic heterocycles. The second-order valence-electron chi connectivity index (χ2n) is 5.94. The van der Waals surface area contributed by atoms with Gasteiger partial charge in [0.05, 0.1) is 19.3 Å². The highest BCUT2D eigenvalue weighted by molar-refractivity contribution is 5.75. The minimum Gasteiger partial charge on any atom is -0.468 e. The van der Waals surface area contributed by atoms with Gasteiger partial charge in [0.15, 0.2) is 0 Å². The van der Waals surface area contributed by atoms with Crippen molar-refractivity contribution in [1.82, 2.24) is 5.32 Å². The Bertz CT molecular complexity index is 313. The van der Waals surface area contributed by atoms with Crippen molar-refractivity contribution in [2.45, 2.75) is 50.8 Å². The predicted molar refractivity (Wildman–Crippen MR) is 70.9 cm³/mol. The molecule has 0 bridgehead atoms. The van der Waals surface area contributed by atoms with Crippen molar-refractivity contribution in [3.05, 3.63) is 0 Å². The van der Waals surface area contributed by atoms with Crippen LogP contribution < -0.4 is 5.32 Å². The molecule has 19 heavy (non-hydrogen) atoms. The first-order chi connectivity index (χ1) is 9.06. The zero-order valence-corrected chi connectivity index (χ0v) is 12.1. The maximum atomic E-state index is 11.8. The largest absolute Gasteiger partial charge is 0.468 e. The third-order valence-electron chi connectivity index (χ3n) is 4.10. The smallest absolute Gasteiger partial charge is 0.323 e. The van der Waals surface area contributed by atoms with Crippen LogP contribution in [-0.4, -0.2) is 50.6 Å². The highest BCUT2D eigenvalue weighted by atomic mass is 16.6. The second-order valence-corrected chi connectivity index (χ2v) is 5.94. The molecule has 2 saturated heterocycles. The Hall–Kier alpha value is -0.650. The molecular formula is C14H25NO4. The van der Waals surface area contributed by atoms with Crippen LogP contribution in [-0.2, 0) is 19.0 Å². The van der Waals surface area contributed by atoms with E-state index in [0.29, 0.717) is 12.6 Å². The molecular weight excluding hydrogens is 246 g/mol.